The summed E-state index contributed by atoms with van der Waals surface area (Å²) in [6, 6.07) is 16.2. The molecule has 1 aromatic heterocycles. The summed E-state index contributed by atoms with van der Waals surface area (Å²) in [7, 11) is 0. The molecule has 2 aromatic carbocycles. The molecule has 0 bridgehead atoms. The molecule has 1 aliphatic heterocycles. The van der Waals surface area contributed by atoms with Crippen LogP contribution in [0.5, 0.6) is 0 Å². The number of aryl methyl sites for hydroxylation is 1. The van der Waals surface area contributed by atoms with Crippen LogP contribution in [0.4, 0.5) is 5.69 Å². The van der Waals surface area contributed by atoms with Gasteiger partial charge in [0, 0.05) is 28.3 Å². The fourth-order valence-corrected chi connectivity index (χ4v) is 3.33. The predicted molar refractivity (Wildman–Crippen MR) is 93.3 cm³/mol. The standard InChI is InChI=1S/C17H16N4O2S/c1-11-15-10-19-16-5-3-2-4-14(16)17(15)21(20-11)12-6-8-13(9-7-12)24-23-22-18/h2-9,19H,10,18H2,1H3. The highest BCUT2D eigenvalue weighted by atomic mass is 32.2. The first-order chi connectivity index (χ1) is 11.8. The molecular weight excluding hydrogens is 324 g/mol. The highest BCUT2D eigenvalue weighted by Crippen LogP contribution is 2.38. The lowest BCUT2D eigenvalue weighted by molar-refractivity contribution is -0.195. The molecule has 6 nitrogen and oxygen atoms in total. The third-order valence-electron chi connectivity index (χ3n) is 4.07. The Balaban J connectivity index is 1.78. The van der Waals surface area contributed by atoms with Gasteiger partial charge in [0.2, 0.25) is 0 Å². The van der Waals surface area contributed by atoms with E-state index in [4.69, 9.17) is 11.0 Å². The van der Waals surface area contributed by atoms with E-state index in [0.717, 1.165) is 51.8 Å². The zero-order valence-electron chi connectivity index (χ0n) is 13.0. The van der Waals surface area contributed by atoms with Crippen LogP contribution in [0.15, 0.2) is 53.4 Å². The van der Waals surface area contributed by atoms with Crippen molar-refractivity contribution in [2.75, 3.05) is 5.32 Å². The average molecular weight is 340 g/mol. The molecule has 0 spiro atoms. The normalized spacial score (nSPS) is 12.4. The molecule has 3 N–H and O–H groups in total. The number of nitrogens with two attached hydrogens (primary N) is 1. The van der Waals surface area contributed by atoms with Gasteiger partial charge < -0.3 is 5.32 Å². The second-order valence-corrected chi connectivity index (χ2v) is 6.24. The van der Waals surface area contributed by atoms with Crippen molar-refractivity contribution < 1.29 is 9.32 Å². The molecule has 122 valence electrons. The van der Waals surface area contributed by atoms with Gasteiger partial charge in [-0.3, -0.25) is 0 Å². The molecule has 0 amide bonds. The van der Waals surface area contributed by atoms with Crippen molar-refractivity contribution in [1.29, 1.82) is 0 Å². The minimum absolute atomic E-state index is 0.786. The van der Waals surface area contributed by atoms with E-state index in [2.05, 4.69) is 26.8 Å². The van der Waals surface area contributed by atoms with E-state index in [1.807, 2.05) is 48.0 Å². The maximum absolute atomic E-state index is 4.86. The van der Waals surface area contributed by atoms with Crippen LogP contribution in [0, 0.1) is 6.92 Å². The van der Waals surface area contributed by atoms with Gasteiger partial charge in [0.25, 0.3) is 0 Å². The van der Waals surface area contributed by atoms with Gasteiger partial charge >= 0.3 is 0 Å². The topological polar surface area (TPSA) is 74.3 Å². The van der Waals surface area contributed by atoms with Gasteiger partial charge in [0.15, 0.2) is 0 Å². The summed E-state index contributed by atoms with van der Waals surface area (Å²) >= 11 is 1.06. The van der Waals surface area contributed by atoms with Crippen molar-refractivity contribution >= 4 is 17.7 Å². The van der Waals surface area contributed by atoms with E-state index in [1.165, 1.54) is 5.56 Å². The number of anilines is 1. The first kappa shape index (κ1) is 15.2. The van der Waals surface area contributed by atoms with Crippen LogP contribution in [0.3, 0.4) is 0 Å². The lowest BCUT2D eigenvalue weighted by Crippen LogP contribution is -2.10. The molecule has 1 aliphatic rings. The fraction of sp³-hybridized carbons (Fsp3) is 0.118. The third-order valence-corrected chi connectivity index (χ3v) is 4.68. The number of para-hydroxylation sites is 1. The zero-order valence-corrected chi connectivity index (χ0v) is 13.8. The zero-order chi connectivity index (χ0) is 16.5. The van der Waals surface area contributed by atoms with Crippen LogP contribution in [-0.4, -0.2) is 9.78 Å². The van der Waals surface area contributed by atoms with E-state index in [9.17, 15) is 0 Å². The van der Waals surface area contributed by atoms with Gasteiger partial charge in [-0.15, -0.1) is 9.32 Å². The Labute approximate surface area is 143 Å². The molecule has 7 heteroatoms. The van der Waals surface area contributed by atoms with Gasteiger partial charge in [-0.2, -0.15) is 11.0 Å². The lowest BCUT2D eigenvalue weighted by atomic mass is 10.00. The Morgan fingerprint density at radius 2 is 1.96 bits per heavy atom. The van der Waals surface area contributed by atoms with Gasteiger partial charge in [-0.05, 0) is 37.3 Å². The summed E-state index contributed by atoms with van der Waals surface area (Å²) in [5.41, 5.74) is 6.69. The second-order valence-electron chi connectivity index (χ2n) is 5.47. The van der Waals surface area contributed by atoms with Crippen molar-refractivity contribution in [2.24, 2.45) is 5.90 Å². The molecular formula is C17H16N4O2S. The number of nitrogens with one attached hydrogen (secondary N) is 1. The minimum atomic E-state index is 0.786. The van der Waals surface area contributed by atoms with E-state index in [1.54, 1.807) is 0 Å². The largest absolute Gasteiger partial charge is 0.380 e. The Morgan fingerprint density at radius 1 is 1.17 bits per heavy atom. The number of hydrogen-bond donors (Lipinski definition) is 2. The molecule has 0 aliphatic carbocycles. The van der Waals surface area contributed by atoms with Crippen LogP contribution < -0.4 is 11.2 Å². The quantitative estimate of drug-likeness (QED) is 0.429. The van der Waals surface area contributed by atoms with Gasteiger partial charge in [-0.25, -0.2) is 4.68 Å². The summed E-state index contributed by atoms with van der Waals surface area (Å²) in [6.45, 7) is 2.83. The van der Waals surface area contributed by atoms with E-state index >= 15 is 0 Å². The molecule has 0 radical (unpaired) electrons. The van der Waals surface area contributed by atoms with Crippen LogP contribution >= 0.6 is 12.0 Å². The summed E-state index contributed by atoms with van der Waals surface area (Å²) in [5.74, 6) is 4.86. The number of benzene rings is 2. The van der Waals surface area contributed by atoms with Crippen LogP contribution in [0.2, 0.25) is 0 Å². The van der Waals surface area contributed by atoms with E-state index in [0.29, 0.717) is 0 Å². The number of nitrogens with zero attached hydrogens (tertiary/aromatic N) is 2. The first-order valence-electron chi connectivity index (χ1n) is 7.50. The highest BCUT2D eigenvalue weighted by Gasteiger charge is 2.23. The Kier molecular flexibility index (Phi) is 3.99. The molecule has 4 rings (SSSR count). The first-order valence-corrected chi connectivity index (χ1v) is 8.24. The van der Waals surface area contributed by atoms with Crippen molar-refractivity contribution in [1.82, 2.24) is 9.78 Å². The van der Waals surface area contributed by atoms with Gasteiger partial charge in [0.05, 0.1) is 29.1 Å². The molecule has 3 aromatic rings. The summed E-state index contributed by atoms with van der Waals surface area (Å²) in [5, 5.41) is 8.20. The van der Waals surface area contributed by atoms with Gasteiger partial charge in [0.1, 0.15) is 0 Å². The van der Waals surface area contributed by atoms with E-state index in [-0.39, 0.29) is 0 Å². The highest BCUT2D eigenvalue weighted by molar-refractivity contribution is 7.94. The van der Waals surface area contributed by atoms with Crippen LogP contribution in [0.25, 0.3) is 16.9 Å². The molecule has 0 unspecified atom stereocenters. The Bertz CT molecular complexity index is 877. The second kappa shape index (κ2) is 6.29. The monoisotopic (exact) mass is 340 g/mol. The van der Waals surface area contributed by atoms with Crippen molar-refractivity contribution in [2.45, 2.75) is 18.4 Å². The third kappa shape index (κ3) is 2.57. The van der Waals surface area contributed by atoms with E-state index < -0.39 is 0 Å². The fourth-order valence-electron chi connectivity index (χ4n) is 2.96. The minimum Gasteiger partial charge on any atom is -0.380 e. The van der Waals surface area contributed by atoms with Crippen LogP contribution in [-0.2, 0) is 15.9 Å². The predicted octanol–water partition coefficient (Wildman–Crippen LogP) is 3.60. The smallest absolute Gasteiger partial charge is 0.0814 e. The maximum Gasteiger partial charge on any atom is 0.0814 e. The Hall–Kier alpha value is -2.32. The molecule has 0 fully saturated rings. The Morgan fingerprint density at radius 3 is 2.75 bits per heavy atom. The molecule has 0 saturated heterocycles. The van der Waals surface area contributed by atoms with Crippen molar-refractivity contribution in [3.05, 3.63) is 59.8 Å². The summed E-state index contributed by atoms with van der Waals surface area (Å²) in [4.78, 5) is 5.01. The number of hydrogen-bond acceptors (Lipinski definition) is 6. The SMILES string of the molecule is Cc1nn(-c2ccc(SOON)cc2)c2c1CNc1ccccc1-2. The molecule has 0 atom stereocenters. The maximum atomic E-state index is 4.86. The number of fused-ring (bicyclic) bond motifs is 3. The summed E-state index contributed by atoms with van der Waals surface area (Å²) in [6.07, 6.45) is 0. The van der Waals surface area contributed by atoms with Crippen molar-refractivity contribution in [3.63, 3.8) is 0 Å². The summed E-state index contributed by atoms with van der Waals surface area (Å²) < 4.78 is 6.67. The number of aromatic nitrogens is 2. The number of rotatable bonds is 4. The molecule has 2 heterocycles. The lowest BCUT2D eigenvalue weighted by Gasteiger charge is -2.20. The molecule has 24 heavy (non-hydrogen) atoms. The van der Waals surface area contributed by atoms with Gasteiger partial charge in [-0.1, -0.05) is 18.2 Å². The molecule has 0 saturated carbocycles. The van der Waals surface area contributed by atoms with Crippen molar-refractivity contribution in [3.8, 4) is 16.9 Å². The average Bonchev–Trinajstić information content (AvgIpc) is 2.98. The van der Waals surface area contributed by atoms with Crippen LogP contribution in [0.1, 0.15) is 11.3 Å².